The molecule has 95 heavy (non-hydrogen) atoms. The van der Waals surface area contributed by atoms with Gasteiger partial charge < -0.3 is 53.8 Å². The number of carbonyl (C=O) groups is 3. The van der Waals surface area contributed by atoms with Gasteiger partial charge in [-0.05, 0) is 195 Å². The van der Waals surface area contributed by atoms with E-state index in [1.807, 2.05) is 146 Å². The summed E-state index contributed by atoms with van der Waals surface area (Å²) in [5, 5.41) is 8.68. The van der Waals surface area contributed by atoms with Crippen LogP contribution in [0.1, 0.15) is 77.3 Å². The van der Waals surface area contributed by atoms with Gasteiger partial charge in [-0.2, -0.15) is 0 Å². The Balaban J connectivity index is 0.000000183. The molecule has 0 spiro atoms. The average Bonchev–Trinajstić information content (AvgIpc) is 1.93. The highest BCUT2D eigenvalue weighted by Gasteiger charge is 2.11. The summed E-state index contributed by atoms with van der Waals surface area (Å²) in [4.78, 5) is 37.5. The number of ether oxygens (including phenoxy) is 8. The van der Waals surface area contributed by atoms with Crippen LogP contribution in [0.4, 0.5) is 17.1 Å². The number of hydrogen-bond donors (Lipinski definition) is 3. The van der Waals surface area contributed by atoms with Crippen molar-refractivity contribution in [3.05, 3.63) is 330 Å². The largest absolute Gasteiger partial charge is 0.491 e. The maximum atomic E-state index is 12.6. The van der Waals surface area contributed by atoms with Crippen molar-refractivity contribution >= 4 is 34.8 Å². The lowest BCUT2D eigenvalue weighted by Gasteiger charge is -2.10. The highest BCUT2D eigenvalue weighted by atomic mass is 16.5. The zero-order valence-corrected chi connectivity index (χ0v) is 53.8. The Labute approximate surface area is 557 Å². The third-order valence-corrected chi connectivity index (χ3v) is 14.2. The van der Waals surface area contributed by atoms with E-state index in [1.54, 1.807) is 72.8 Å². The summed E-state index contributed by atoms with van der Waals surface area (Å²) < 4.78 is 45.2. The standard InChI is InChI=1S/C29H27NO3.C27H23NO3.C25H31NO5/c1-21-3-7-23(8-4-21)19-32-27-15-11-25(12-16-27)29(31)30-26-13-17-28(18-14-26)33-20-24-9-5-22(2)6-10-24;29-27(23-11-15-25(16-12-23)30-19-21-7-3-1-4-8-21)28-24-13-17-26(18-14-24)31-20-22-9-5-2-6-10-22;1-3-5-15-28-17-19-30-23-11-7-21(8-12-23)25(27)26-22-9-13-24(14-10-22)31-20-18-29-16-6-4-2/h3-18H,19-20H2,1-2H3,(H,30,31);1-18H,19-20H2,(H,28,29);3-4,7-14H,1-2,5-6,15-20H2,(H,26,27). The van der Waals surface area contributed by atoms with Gasteiger partial charge in [-0.15, -0.1) is 13.2 Å². The summed E-state index contributed by atoms with van der Waals surface area (Å²) in [6, 6.07) is 79.7. The minimum atomic E-state index is -0.191. The summed E-state index contributed by atoms with van der Waals surface area (Å²) in [5.74, 6) is 3.83. The zero-order chi connectivity index (χ0) is 66.5. The quantitative estimate of drug-likeness (QED) is 0.0272. The van der Waals surface area contributed by atoms with Crippen molar-refractivity contribution in [1.29, 1.82) is 0 Å². The molecule has 3 N–H and O–H groups in total. The predicted octanol–water partition coefficient (Wildman–Crippen LogP) is 17.7. The average molecular weight is 1270 g/mol. The lowest BCUT2D eigenvalue weighted by molar-refractivity contribution is 0.101. The Hall–Kier alpha value is -11.2. The van der Waals surface area contributed by atoms with Crippen LogP contribution in [0.2, 0.25) is 0 Å². The molecule has 0 aliphatic carbocycles. The molecule has 0 aromatic heterocycles. The third-order valence-electron chi connectivity index (χ3n) is 14.2. The molecule has 0 fully saturated rings. The minimum absolute atomic E-state index is 0.173. The number of nitrogens with one attached hydrogen (secondary N) is 3. The molecule has 3 amide bonds. The van der Waals surface area contributed by atoms with Gasteiger partial charge in [-0.25, -0.2) is 0 Å². The van der Waals surface area contributed by atoms with Gasteiger partial charge in [-0.1, -0.05) is 132 Å². The molecule has 14 heteroatoms. The minimum Gasteiger partial charge on any atom is -0.491 e. The van der Waals surface area contributed by atoms with Crippen molar-refractivity contribution in [2.24, 2.45) is 0 Å². The van der Waals surface area contributed by atoms with Gasteiger partial charge in [0.2, 0.25) is 0 Å². The number of benzene rings is 10. The van der Waals surface area contributed by atoms with Crippen LogP contribution in [0, 0.1) is 13.8 Å². The van der Waals surface area contributed by atoms with Gasteiger partial charge in [0.25, 0.3) is 17.7 Å². The number of anilines is 3. The van der Waals surface area contributed by atoms with E-state index in [0.29, 0.717) is 106 Å². The van der Waals surface area contributed by atoms with Crippen molar-refractivity contribution in [2.75, 3.05) is 55.6 Å². The first-order valence-electron chi connectivity index (χ1n) is 31.4. The summed E-state index contributed by atoms with van der Waals surface area (Å²) >= 11 is 0. The molecule has 0 radical (unpaired) electrons. The van der Waals surface area contributed by atoms with E-state index >= 15 is 0 Å². The maximum Gasteiger partial charge on any atom is 0.255 e. The summed E-state index contributed by atoms with van der Waals surface area (Å²) in [5.41, 5.74) is 10.7. The SMILES string of the molecule is C=CCCOCCOc1ccc(NC(=O)c2ccc(OCCOCCC=C)cc2)cc1.Cc1ccc(COc2ccc(NC(=O)c3ccc(OCc4ccc(C)cc4)cc3)cc2)cc1.O=C(Nc1ccc(OCc2ccccc2)cc1)c1ccc(OCc2ccccc2)cc1. The Morgan fingerprint density at radius 1 is 0.295 bits per heavy atom. The van der Waals surface area contributed by atoms with Crippen LogP contribution in [-0.2, 0) is 35.9 Å². The van der Waals surface area contributed by atoms with E-state index in [0.717, 1.165) is 63.8 Å². The number of hydrogen-bond acceptors (Lipinski definition) is 11. The van der Waals surface area contributed by atoms with Crippen LogP contribution in [0.25, 0.3) is 0 Å². The Morgan fingerprint density at radius 3 is 0.821 bits per heavy atom. The first-order valence-corrected chi connectivity index (χ1v) is 31.4. The van der Waals surface area contributed by atoms with Gasteiger partial charge in [0.05, 0.1) is 26.4 Å². The molecular formula is C81H81N3O11. The second-order valence-electron chi connectivity index (χ2n) is 21.7. The van der Waals surface area contributed by atoms with Gasteiger partial charge in [0, 0.05) is 33.8 Å². The van der Waals surface area contributed by atoms with E-state index in [4.69, 9.17) is 37.9 Å². The molecular weight excluding hydrogens is 1190 g/mol. The Bertz CT molecular complexity index is 3870. The molecule has 0 saturated carbocycles. The number of rotatable bonds is 32. The topological polar surface area (TPSA) is 161 Å². The molecule has 0 aliphatic rings. The van der Waals surface area contributed by atoms with Crippen LogP contribution in [-0.4, -0.2) is 57.4 Å². The molecule has 10 aromatic carbocycles. The number of carbonyl (C=O) groups excluding carboxylic acids is 3. The van der Waals surface area contributed by atoms with E-state index < -0.39 is 0 Å². The number of amides is 3. The second-order valence-corrected chi connectivity index (χ2v) is 21.7. The molecule has 486 valence electrons. The van der Waals surface area contributed by atoms with Crippen LogP contribution < -0.4 is 44.4 Å². The lowest BCUT2D eigenvalue weighted by atomic mass is 10.1. The van der Waals surface area contributed by atoms with Gasteiger partial charge in [-0.3, -0.25) is 14.4 Å². The van der Waals surface area contributed by atoms with Crippen LogP contribution in [0.3, 0.4) is 0 Å². The predicted molar refractivity (Wildman–Crippen MR) is 377 cm³/mol. The molecule has 10 rings (SSSR count). The van der Waals surface area contributed by atoms with Gasteiger partial charge in [0.1, 0.15) is 74.1 Å². The van der Waals surface area contributed by atoms with Crippen molar-refractivity contribution in [2.45, 2.75) is 53.1 Å². The van der Waals surface area contributed by atoms with Crippen LogP contribution in [0.5, 0.6) is 34.5 Å². The fraction of sp³-hybridized carbons (Fsp3) is 0.173. The maximum absolute atomic E-state index is 12.6. The van der Waals surface area contributed by atoms with Crippen molar-refractivity contribution in [1.82, 2.24) is 0 Å². The molecule has 0 unspecified atom stereocenters. The first-order chi connectivity index (χ1) is 46.5. The van der Waals surface area contributed by atoms with Crippen molar-refractivity contribution < 1.29 is 52.3 Å². The lowest BCUT2D eigenvalue weighted by Crippen LogP contribution is -2.12. The van der Waals surface area contributed by atoms with Crippen LogP contribution >= 0.6 is 0 Å². The van der Waals surface area contributed by atoms with Crippen molar-refractivity contribution in [3.8, 4) is 34.5 Å². The fourth-order valence-corrected chi connectivity index (χ4v) is 8.78. The number of aryl methyl sites for hydroxylation is 2. The fourth-order valence-electron chi connectivity index (χ4n) is 8.78. The van der Waals surface area contributed by atoms with E-state index in [1.165, 1.54) is 11.1 Å². The van der Waals surface area contributed by atoms with Gasteiger partial charge in [0.15, 0.2) is 0 Å². The van der Waals surface area contributed by atoms with E-state index in [-0.39, 0.29) is 17.7 Å². The smallest absolute Gasteiger partial charge is 0.255 e. The highest BCUT2D eigenvalue weighted by Crippen LogP contribution is 2.23. The summed E-state index contributed by atoms with van der Waals surface area (Å²) in [6.45, 7) is 16.7. The highest BCUT2D eigenvalue weighted by molar-refractivity contribution is 6.05. The summed E-state index contributed by atoms with van der Waals surface area (Å²) in [7, 11) is 0. The Kier molecular flexibility index (Phi) is 28.8. The third kappa shape index (κ3) is 25.8. The molecule has 0 atom stereocenters. The van der Waals surface area contributed by atoms with Crippen molar-refractivity contribution in [3.63, 3.8) is 0 Å². The Morgan fingerprint density at radius 2 is 0.547 bits per heavy atom. The second kappa shape index (κ2) is 39.3. The first kappa shape index (κ1) is 69.7. The van der Waals surface area contributed by atoms with Crippen LogP contribution in [0.15, 0.2) is 280 Å². The normalized spacial score (nSPS) is 10.4. The molecule has 14 nitrogen and oxygen atoms in total. The monoisotopic (exact) mass is 1270 g/mol. The zero-order valence-electron chi connectivity index (χ0n) is 53.8. The van der Waals surface area contributed by atoms with Gasteiger partial charge >= 0.3 is 0 Å². The molecule has 0 bridgehead atoms. The molecule has 0 aliphatic heterocycles. The molecule has 0 saturated heterocycles. The molecule has 10 aromatic rings. The van der Waals surface area contributed by atoms with E-state index in [2.05, 4.69) is 91.5 Å². The van der Waals surface area contributed by atoms with E-state index in [9.17, 15) is 14.4 Å². The molecule has 0 heterocycles. The summed E-state index contributed by atoms with van der Waals surface area (Å²) in [6.07, 6.45) is 5.29.